The van der Waals surface area contributed by atoms with Crippen molar-refractivity contribution in [2.24, 2.45) is 11.3 Å². The largest absolute Gasteiger partial charge is 0.530 e. The Morgan fingerprint density at radius 3 is 2.66 bits per heavy atom. The minimum atomic E-state index is -4.30. The molecule has 15 heteroatoms. The second-order valence-electron chi connectivity index (χ2n) is 13.5. The number of amides is 2. The molecule has 14 nitrogen and oxygen atoms in total. The van der Waals surface area contributed by atoms with Crippen molar-refractivity contribution in [2.75, 3.05) is 46.2 Å². The van der Waals surface area contributed by atoms with E-state index in [2.05, 4.69) is 11.9 Å². The summed E-state index contributed by atoms with van der Waals surface area (Å²) in [7, 11) is -4.30. The smallest absolute Gasteiger partial charge is 0.407 e. The van der Waals surface area contributed by atoms with Crippen LogP contribution in [0.1, 0.15) is 38.7 Å². The zero-order valence-electron chi connectivity index (χ0n) is 28.4. The molecule has 2 N–H and O–H groups in total. The molecule has 2 fully saturated rings. The van der Waals surface area contributed by atoms with E-state index in [1.165, 1.54) is 18.2 Å². The molecular formula is C35H46N3O11S-. The van der Waals surface area contributed by atoms with E-state index in [1.54, 1.807) is 6.08 Å². The third-order valence-electron chi connectivity index (χ3n) is 9.27. The Labute approximate surface area is 292 Å². The highest BCUT2D eigenvalue weighted by Gasteiger charge is 2.47. The van der Waals surface area contributed by atoms with E-state index >= 15 is 0 Å². The number of sulfonamides is 1. The highest BCUT2D eigenvalue weighted by Crippen LogP contribution is 2.38. The Balaban J connectivity index is 1.43. The van der Waals surface area contributed by atoms with E-state index < -0.39 is 58.6 Å². The van der Waals surface area contributed by atoms with Crippen LogP contribution in [0.4, 0.5) is 9.59 Å². The number of alkyl carbamates (subject to hydrolysis) is 1. The highest BCUT2D eigenvalue weighted by atomic mass is 32.2. The molecule has 3 aliphatic rings. The lowest BCUT2D eigenvalue weighted by Gasteiger charge is -2.43. The Bertz CT molecular complexity index is 1590. The Hall–Kier alpha value is -3.89. The molecule has 0 aliphatic carbocycles. The lowest BCUT2D eigenvalue weighted by molar-refractivity contribution is -0.273. The maximum atomic E-state index is 14.4. The molecule has 2 aromatic rings. The van der Waals surface area contributed by atoms with Crippen molar-refractivity contribution in [3.8, 4) is 11.5 Å². The Morgan fingerprint density at radius 1 is 1.16 bits per heavy atom. The van der Waals surface area contributed by atoms with Gasteiger partial charge in [0.05, 0.1) is 42.9 Å². The van der Waals surface area contributed by atoms with Crippen molar-refractivity contribution in [3.63, 3.8) is 0 Å². The number of ether oxygens (including phenoxy) is 5. The molecular weight excluding hydrogens is 670 g/mol. The van der Waals surface area contributed by atoms with Crippen LogP contribution in [0.5, 0.6) is 11.5 Å². The number of carbonyl (C=O) groups is 2. The van der Waals surface area contributed by atoms with Gasteiger partial charge in [0.1, 0.15) is 6.09 Å². The minimum Gasteiger partial charge on any atom is -0.530 e. The van der Waals surface area contributed by atoms with Gasteiger partial charge in [-0.2, -0.15) is 4.31 Å². The van der Waals surface area contributed by atoms with Crippen LogP contribution in [0, 0.1) is 11.3 Å². The van der Waals surface area contributed by atoms with Crippen molar-refractivity contribution in [3.05, 3.63) is 66.7 Å². The lowest BCUT2D eigenvalue weighted by atomic mass is 9.89. The quantitative estimate of drug-likeness (QED) is 0.182. The second kappa shape index (κ2) is 16.4. The monoisotopic (exact) mass is 716 g/mol. The number of rotatable bonds is 17. The summed E-state index contributed by atoms with van der Waals surface area (Å²) < 4.78 is 57.3. The number of hydrogen-bond acceptors (Lipinski definition) is 11. The number of carboxylic acid groups (broad SMARTS) is 1. The first kappa shape index (κ1) is 37.4. The number of hydrogen-bond donors (Lipinski definition) is 2. The number of aliphatic hydroxyl groups excluding tert-OH is 1. The highest BCUT2D eigenvalue weighted by molar-refractivity contribution is 7.89. The molecule has 5 atom stereocenters. The van der Waals surface area contributed by atoms with Gasteiger partial charge in [0.15, 0.2) is 17.8 Å². The van der Waals surface area contributed by atoms with Gasteiger partial charge >= 0.3 is 6.09 Å². The maximum Gasteiger partial charge on any atom is 0.407 e. The summed E-state index contributed by atoms with van der Waals surface area (Å²) in [5.41, 5.74) is 0.0197. The van der Waals surface area contributed by atoms with Gasteiger partial charge < -0.3 is 48.9 Å². The third kappa shape index (κ3) is 9.06. The summed E-state index contributed by atoms with van der Waals surface area (Å²) in [5.74, 6) is 0.411. The average Bonchev–Trinajstić information content (AvgIpc) is 3.83. The van der Waals surface area contributed by atoms with Gasteiger partial charge in [-0.15, -0.1) is 6.58 Å². The van der Waals surface area contributed by atoms with Crippen molar-refractivity contribution < 1.29 is 51.9 Å². The van der Waals surface area contributed by atoms with E-state index in [9.17, 15) is 28.2 Å². The SMILES string of the molecule is C=CCCOC(=O)NCCC(C)(C)CN(C[C@@H](O)[C@H](Cc1ccccc1)N(C(=O)[O-])[C@H]1CO[C@H]2OCC[C@H]21)S(=O)(=O)c1ccc2c(c1)OCO2. The summed E-state index contributed by atoms with van der Waals surface area (Å²) in [6.45, 7) is 7.56. The first-order chi connectivity index (χ1) is 23.9. The summed E-state index contributed by atoms with van der Waals surface area (Å²) in [6.07, 6.45) is -0.989. The molecule has 274 valence electrons. The van der Waals surface area contributed by atoms with Gasteiger partial charge in [-0.05, 0) is 48.8 Å². The van der Waals surface area contributed by atoms with E-state index in [0.29, 0.717) is 31.6 Å². The van der Waals surface area contributed by atoms with Crippen LogP contribution in [-0.2, 0) is 30.7 Å². The van der Waals surface area contributed by atoms with Gasteiger partial charge in [-0.1, -0.05) is 50.3 Å². The topological polar surface area (TPSA) is 176 Å². The zero-order chi connectivity index (χ0) is 35.9. The summed E-state index contributed by atoms with van der Waals surface area (Å²) >= 11 is 0. The molecule has 2 saturated heterocycles. The minimum absolute atomic E-state index is 0.0463. The zero-order valence-corrected chi connectivity index (χ0v) is 29.2. The van der Waals surface area contributed by atoms with Gasteiger partial charge in [0.25, 0.3) is 0 Å². The first-order valence-corrected chi connectivity index (χ1v) is 18.2. The van der Waals surface area contributed by atoms with Gasteiger partial charge in [-0.25, -0.2) is 13.2 Å². The van der Waals surface area contributed by atoms with Crippen LogP contribution in [0.25, 0.3) is 0 Å². The second-order valence-corrected chi connectivity index (χ2v) is 15.4. The van der Waals surface area contributed by atoms with Crippen LogP contribution >= 0.6 is 0 Å². The van der Waals surface area contributed by atoms with Crippen molar-refractivity contribution >= 4 is 22.2 Å². The molecule has 5 rings (SSSR count). The van der Waals surface area contributed by atoms with Crippen LogP contribution in [0.3, 0.4) is 0 Å². The van der Waals surface area contributed by atoms with Gasteiger partial charge in [0.2, 0.25) is 16.8 Å². The molecule has 0 aromatic heterocycles. The van der Waals surface area contributed by atoms with E-state index in [-0.39, 0.29) is 56.1 Å². The molecule has 3 heterocycles. The Morgan fingerprint density at radius 2 is 1.92 bits per heavy atom. The Kier molecular flexibility index (Phi) is 12.3. The molecule has 3 aliphatic heterocycles. The van der Waals surface area contributed by atoms with Crippen LogP contribution in [0.15, 0.2) is 66.1 Å². The number of fused-ring (bicyclic) bond motifs is 2. The summed E-state index contributed by atoms with van der Waals surface area (Å²) in [5, 5.41) is 27.6. The van der Waals surface area contributed by atoms with Crippen molar-refractivity contribution in [1.29, 1.82) is 0 Å². The molecule has 2 aromatic carbocycles. The van der Waals surface area contributed by atoms with Crippen LogP contribution in [0.2, 0.25) is 0 Å². The number of nitrogens with zero attached hydrogens (tertiary/aromatic N) is 2. The van der Waals surface area contributed by atoms with Gasteiger partial charge in [0, 0.05) is 31.6 Å². The van der Waals surface area contributed by atoms with E-state index in [4.69, 9.17) is 23.7 Å². The molecule has 0 saturated carbocycles. The molecule has 0 bridgehead atoms. The molecule has 2 amide bonds. The molecule has 50 heavy (non-hydrogen) atoms. The van der Waals surface area contributed by atoms with E-state index in [0.717, 1.165) is 14.8 Å². The normalized spacial score (nSPS) is 21.0. The average molecular weight is 717 g/mol. The van der Waals surface area contributed by atoms with Crippen LogP contribution in [-0.4, -0.2) is 106 Å². The molecule has 0 spiro atoms. The predicted molar refractivity (Wildman–Crippen MR) is 179 cm³/mol. The first-order valence-electron chi connectivity index (χ1n) is 16.8. The fourth-order valence-electron chi connectivity index (χ4n) is 6.63. The number of nitrogens with one attached hydrogen (secondary N) is 1. The summed E-state index contributed by atoms with van der Waals surface area (Å²) in [4.78, 5) is 26.1. The third-order valence-corrected chi connectivity index (χ3v) is 11.1. The molecule has 0 unspecified atom stereocenters. The summed E-state index contributed by atoms with van der Waals surface area (Å²) in [6, 6.07) is 11.6. The van der Waals surface area contributed by atoms with Gasteiger partial charge in [-0.3, -0.25) is 0 Å². The predicted octanol–water partition coefficient (Wildman–Crippen LogP) is 2.50. The number of aliphatic hydroxyl groups is 1. The van der Waals surface area contributed by atoms with Crippen molar-refractivity contribution in [1.82, 2.24) is 14.5 Å². The number of benzene rings is 2. The maximum absolute atomic E-state index is 14.4. The van der Waals surface area contributed by atoms with E-state index in [1.807, 2.05) is 44.2 Å². The van der Waals surface area contributed by atoms with Crippen LogP contribution < -0.4 is 19.9 Å². The fourth-order valence-corrected chi connectivity index (χ4v) is 8.29. The number of carbonyl (C=O) groups excluding carboxylic acids is 2. The molecule has 0 radical (unpaired) electrons. The standard InChI is InChI=1S/C35H47N3O11S/c1-4-5-16-46-33(40)36-15-14-35(2,3)22-37(50(43,44)25-11-12-30-31(19-25)49-23-48-30)20-29(39)27(18-24-9-7-6-8-10-24)38(34(41)42)28-21-47-32-26(28)13-17-45-32/h4,6-12,19,26-29,32,39H,1,5,13-18,20-23H2,2-3H3,(H,36,40)(H,41,42)/p-1/t26-,27-,28-,29+,32+/m0/s1. The lowest BCUT2D eigenvalue weighted by Crippen LogP contribution is -2.61. The van der Waals surface area contributed by atoms with Crippen molar-refractivity contribution in [2.45, 2.75) is 68.9 Å². The fraction of sp³-hybridized carbons (Fsp3) is 0.543.